The van der Waals surface area contributed by atoms with Crippen molar-refractivity contribution in [3.63, 3.8) is 0 Å². The van der Waals surface area contributed by atoms with Gasteiger partial charge in [-0.2, -0.15) is 0 Å². The molecule has 0 bridgehead atoms. The van der Waals surface area contributed by atoms with Gasteiger partial charge in [-0.3, -0.25) is 10.1 Å². The van der Waals surface area contributed by atoms with Crippen LogP contribution in [0.5, 0.6) is 0 Å². The summed E-state index contributed by atoms with van der Waals surface area (Å²) in [4.78, 5) is 10.0. The summed E-state index contributed by atoms with van der Waals surface area (Å²) in [5, 5.41) is 13.8. The Morgan fingerprint density at radius 2 is 2.22 bits per heavy atom. The summed E-state index contributed by atoms with van der Waals surface area (Å²) in [6.07, 6.45) is 2.60. The highest BCUT2D eigenvalue weighted by Gasteiger charge is 2.27. The molecule has 1 N–H and O–H groups in total. The van der Waals surface area contributed by atoms with Gasteiger partial charge in [0.25, 0.3) is 5.69 Å². The molecule has 98 valence electrons. The lowest BCUT2D eigenvalue weighted by atomic mass is 10.1. The molecule has 1 aliphatic carbocycles. The molecule has 1 aromatic rings. The van der Waals surface area contributed by atoms with Crippen LogP contribution in [0.25, 0.3) is 0 Å². The van der Waals surface area contributed by atoms with Gasteiger partial charge in [-0.15, -0.1) is 0 Å². The van der Waals surface area contributed by atoms with Gasteiger partial charge in [-0.05, 0) is 42.9 Å². The number of nitrogens with one attached hydrogen (secondary N) is 1. The van der Waals surface area contributed by atoms with Crippen molar-refractivity contribution in [2.24, 2.45) is 11.8 Å². The van der Waals surface area contributed by atoms with E-state index in [1.54, 1.807) is 0 Å². The number of non-ortho nitro benzene ring substituents is 1. The second-order valence-electron chi connectivity index (χ2n) is 5.02. The topological polar surface area (TPSA) is 55.2 Å². The van der Waals surface area contributed by atoms with Crippen molar-refractivity contribution in [1.82, 2.24) is 5.32 Å². The first-order valence-electron chi connectivity index (χ1n) is 6.21. The number of nitrogens with zero attached hydrogens (tertiary/aromatic N) is 1. The molecule has 1 atom stereocenters. The molecule has 18 heavy (non-hydrogen) atoms. The van der Waals surface area contributed by atoms with Crippen LogP contribution in [0.1, 0.15) is 25.3 Å². The van der Waals surface area contributed by atoms with Crippen LogP contribution in [0.4, 0.5) is 10.1 Å². The highest BCUT2D eigenvalue weighted by atomic mass is 19.1. The number of hydrogen-bond acceptors (Lipinski definition) is 3. The maximum Gasteiger partial charge on any atom is 0.272 e. The van der Waals surface area contributed by atoms with E-state index in [4.69, 9.17) is 0 Å². The maximum atomic E-state index is 13.2. The molecule has 2 rings (SSSR count). The van der Waals surface area contributed by atoms with Crippen molar-refractivity contribution in [1.29, 1.82) is 0 Å². The van der Waals surface area contributed by atoms with Gasteiger partial charge in [0.15, 0.2) is 0 Å². The molecule has 0 aliphatic heterocycles. The fourth-order valence-corrected chi connectivity index (χ4v) is 2.12. The SMILES string of the molecule is CC(CNCc1cc(F)cc([N+](=O)[O-])c1)C1CC1. The molecule has 5 heteroatoms. The number of benzene rings is 1. The fourth-order valence-electron chi connectivity index (χ4n) is 2.12. The molecule has 1 aliphatic rings. The maximum absolute atomic E-state index is 13.2. The van der Waals surface area contributed by atoms with Crippen molar-refractivity contribution in [2.45, 2.75) is 26.3 Å². The fraction of sp³-hybridized carbons (Fsp3) is 0.538. The first kappa shape index (κ1) is 13.0. The van der Waals surface area contributed by atoms with Gasteiger partial charge < -0.3 is 5.32 Å². The van der Waals surface area contributed by atoms with E-state index in [9.17, 15) is 14.5 Å². The molecule has 0 spiro atoms. The number of rotatable bonds is 6. The minimum Gasteiger partial charge on any atom is -0.312 e. The standard InChI is InChI=1S/C13H17FN2O2/c1-9(11-2-3-11)7-15-8-10-4-12(14)6-13(5-10)16(17)18/h4-6,9,11,15H,2-3,7-8H2,1H3. The van der Waals surface area contributed by atoms with Crippen LogP contribution in [0.2, 0.25) is 0 Å². The largest absolute Gasteiger partial charge is 0.312 e. The molecule has 1 unspecified atom stereocenters. The molecule has 0 heterocycles. The minimum atomic E-state index is -0.570. The van der Waals surface area contributed by atoms with Crippen LogP contribution in [0, 0.1) is 27.8 Å². The van der Waals surface area contributed by atoms with E-state index < -0.39 is 10.7 Å². The zero-order valence-corrected chi connectivity index (χ0v) is 10.4. The van der Waals surface area contributed by atoms with Crippen LogP contribution in [0.3, 0.4) is 0 Å². The van der Waals surface area contributed by atoms with E-state index in [0.29, 0.717) is 18.0 Å². The Hall–Kier alpha value is -1.49. The molecule has 1 fully saturated rings. The van der Waals surface area contributed by atoms with E-state index in [-0.39, 0.29) is 5.69 Å². The second kappa shape index (κ2) is 5.44. The van der Waals surface area contributed by atoms with Crippen molar-refractivity contribution >= 4 is 5.69 Å². The lowest BCUT2D eigenvalue weighted by Crippen LogP contribution is -2.21. The van der Waals surface area contributed by atoms with E-state index in [2.05, 4.69) is 12.2 Å². The molecule has 1 aromatic carbocycles. The van der Waals surface area contributed by atoms with Crippen LogP contribution in [-0.2, 0) is 6.54 Å². The van der Waals surface area contributed by atoms with Crippen LogP contribution in [-0.4, -0.2) is 11.5 Å². The summed E-state index contributed by atoms with van der Waals surface area (Å²) < 4.78 is 13.2. The van der Waals surface area contributed by atoms with Gasteiger partial charge in [0, 0.05) is 12.6 Å². The quantitative estimate of drug-likeness (QED) is 0.625. The summed E-state index contributed by atoms with van der Waals surface area (Å²) in [7, 11) is 0. The number of nitro benzene ring substituents is 1. The minimum absolute atomic E-state index is 0.193. The van der Waals surface area contributed by atoms with Crippen molar-refractivity contribution in [2.75, 3.05) is 6.54 Å². The first-order valence-corrected chi connectivity index (χ1v) is 6.21. The van der Waals surface area contributed by atoms with Crippen molar-refractivity contribution in [3.8, 4) is 0 Å². The van der Waals surface area contributed by atoms with Gasteiger partial charge >= 0.3 is 0 Å². The van der Waals surface area contributed by atoms with E-state index in [1.807, 2.05) is 0 Å². The van der Waals surface area contributed by atoms with Crippen LogP contribution >= 0.6 is 0 Å². The van der Waals surface area contributed by atoms with Crippen LogP contribution in [0.15, 0.2) is 18.2 Å². The average Bonchev–Trinajstić information content (AvgIpc) is 3.11. The molecule has 1 saturated carbocycles. The Morgan fingerprint density at radius 1 is 1.50 bits per heavy atom. The van der Waals surface area contributed by atoms with Gasteiger partial charge in [-0.25, -0.2) is 4.39 Å². The average molecular weight is 252 g/mol. The molecular formula is C13H17FN2O2. The summed E-state index contributed by atoms with van der Waals surface area (Å²) >= 11 is 0. The first-order chi connectivity index (χ1) is 8.56. The molecule has 4 nitrogen and oxygen atoms in total. The van der Waals surface area contributed by atoms with Gasteiger partial charge in [-0.1, -0.05) is 6.92 Å². The molecule has 0 radical (unpaired) electrons. The Labute approximate surface area is 105 Å². The Balaban J connectivity index is 1.89. The predicted octanol–water partition coefficient (Wildman–Crippen LogP) is 2.87. The lowest BCUT2D eigenvalue weighted by molar-refractivity contribution is -0.385. The third-order valence-corrected chi connectivity index (χ3v) is 3.38. The monoisotopic (exact) mass is 252 g/mol. The Morgan fingerprint density at radius 3 is 2.83 bits per heavy atom. The third kappa shape index (κ3) is 3.50. The molecule has 0 amide bonds. The third-order valence-electron chi connectivity index (χ3n) is 3.38. The van der Waals surface area contributed by atoms with Gasteiger partial charge in [0.2, 0.25) is 0 Å². The summed E-state index contributed by atoms with van der Waals surface area (Å²) in [6, 6.07) is 3.69. The molecule has 0 saturated heterocycles. The van der Waals surface area contributed by atoms with E-state index in [1.165, 1.54) is 25.0 Å². The zero-order valence-electron chi connectivity index (χ0n) is 10.4. The number of hydrogen-bond donors (Lipinski definition) is 1. The number of halogens is 1. The highest BCUT2D eigenvalue weighted by molar-refractivity contribution is 5.35. The van der Waals surface area contributed by atoms with Gasteiger partial charge in [0.1, 0.15) is 5.82 Å². The summed E-state index contributed by atoms with van der Waals surface area (Å²) in [5.41, 5.74) is 0.423. The van der Waals surface area contributed by atoms with Crippen LogP contribution < -0.4 is 5.32 Å². The normalized spacial score (nSPS) is 16.6. The van der Waals surface area contributed by atoms with E-state index >= 15 is 0 Å². The highest BCUT2D eigenvalue weighted by Crippen LogP contribution is 2.36. The summed E-state index contributed by atoms with van der Waals surface area (Å²) in [6.45, 7) is 3.53. The zero-order chi connectivity index (χ0) is 13.1. The smallest absolute Gasteiger partial charge is 0.272 e. The molecular weight excluding hydrogens is 235 g/mol. The Bertz CT molecular complexity index is 447. The van der Waals surface area contributed by atoms with Crippen molar-refractivity contribution < 1.29 is 9.31 Å². The number of nitro groups is 1. The van der Waals surface area contributed by atoms with E-state index in [0.717, 1.165) is 18.5 Å². The van der Waals surface area contributed by atoms with Gasteiger partial charge in [0.05, 0.1) is 11.0 Å². The van der Waals surface area contributed by atoms with Crippen molar-refractivity contribution in [3.05, 3.63) is 39.7 Å². The Kier molecular flexibility index (Phi) is 3.91. The predicted molar refractivity (Wildman–Crippen MR) is 66.6 cm³/mol. The summed E-state index contributed by atoms with van der Waals surface area (Å²) in [5.74, 6) is 0.879. The second-order valence-corrected chi connectivity index (χ2v) is 5.02. The lowest BCUT2D eigenvalue weighted by Gasteiger charge is -2.11. The molecule has 0 aromatic heterocycles.